The van der Waals surface area contributed by atoms with Crippen LogP contribution in [0.5, 0.6) is 5.75 Å². The van der Waals surface area contributed by atoms with Gasteiger partial charge in [0, 0.05) is 31.9 Å². The van der Waals surface area contributed by atoms with Crippen molar-refractivity contribution in [2.75, 3.05) is 32.1 Å². The molecule has 1 fully saturated rings. The number of benzene rings is 1. The number of ether oxygens (including phenoxy) is 1. The number of hydrogen-bond donors (Lipinski definition) is 1. The van der Waals surface area contributed by atoms with Crippen LogP contribution in [0.4, 0.5) is 5.69 Å². The molecule has 1 aliphatic carbocycles. The van der Waals surface area contributed by atoms with Crippen LogP contribution in [-0.4, -0.2) is 33.3 Å². The van der Waals surface area contributed by atoms with E-state index in [9.17, 15) is 0 Å². The van der Waals surface area contributed by atoms with E-state index in [0.29, 0.717) is 5.41 Å². The molecule has 0 radical (unpaired) electrons. The van der Waals surface area contributed by atoms with Crippen molar-refractivity contribution in [2.24, 2.45) is 5.41 Å². The number of anilines is 1. The summed E-state index contributed by atoms with van der Waals surface area (Å²) < 4.78 is 5.24. The Balaban J connectivity index is 1.99. The molecule has 0 unspecified atom stereocenters. The van der Waals surface area contributed by atoms with Crippen LogP contribution in [0, 0.1) is 5.41 Å². The highest BCUT2D eigenvalue weighted by Gasteiger charge is 2.31. The minimum atomic E-state index is 0.358. The smallest absolute Gasteiger partial charge is 0.119 e. The number of hydrogen-bond acceptors (Lipinski definition) is 3. The maximum absolute atomic E-state index is 5.24. The second-order valence-electron chi connectivity index (χ2n) is 6.42. The Hall–Kier alpha value is -1.22. The van der Waals surface area contributed by atoms with Gasteiger partial charge in [0.05, 0.1) is 7.11 Å². The third-order valence-corrected chi connectivity index (χ3v) is 4.93. The zero-order chi connectivity index (χ0) is 15.3. The lowest BCUT2D eigenvalue weighted by molar-refractivity contribution is 0.254. The maximum Gasteiger partial charge on any atom is 0.119 e. The fraction of sp³-hybridized carbons (Fsp3) is 0.667. The lowest BCUT2D eigenvalue weighted by Gasteiger charge is -2.37. The molecule has 0 amide bonds. The lowest BCUT2D eigenvalue weighted by Crippen LogP contribution is -2.43. The van der Waals surface area contributed by atoms with E-state index in [1.54, 1.807) is 7.11 Å². The van der Waals surface area contributed by atoms with Crippen molar-refractivity contribution in [3.05, 3.63) is 24.3 Å². The number of rotatable bonds is 9. The van der Waals surface area contributed by atoms with Gasteiger partial charge in [-0.25, -0.2) is 0 Å². The van der Waals surface area contributed by atoms with Crippen LogP contribution >= 0.6 is 0 Å². The van der Waals surface area contributed by atoms with Crippen LogP contribution in [-0.2, 0) is 0 Å². The summed E-state index contributed by atoms with van der Waals surface area (Å²) in [6.07, 6.45) is 5.14. The first-order valence-corrected chi connectivity index (χ1v) is 8.21. The molecular formula is C18H30N2O. The first-order chi connectivity index (χ1) is 10.1. The van der Waals surface area contributed by atoms with E-state index in [-0.39, 0.29) is 0 Å². The highest BCUT2D eigenvalue weighted by Crippen LogP contribution is 2.31. The van der Waals surface area contributed by atoms with Gasteiger partial charge in [-0.1, -0.05) is 13.8 Å². The molecule has 3 heteroatoms. The molecule has 1 aromatic carbocycles. The van der Waals surface area contributed by atoms with Crippen molar-refractivity contribution in [1.29, 1.82) is 0 Å². The molecule has 0 spiro atoms. The van der Waals surface area contributed by atoms with Crippen LogP contribution < -0.4 is 15.0 Å². The largest absolute Gasteiger partial charge is 0.497 e. The summed E-state index contributed by atoms with van der Waals surface area (Å²) in [4.78, 5) is 2.38. The van der Waals surface area contributed by atoms with Gasteiger partial charge >= 0.3 is 0 Å². The van der Waals surface area contributed by atoms with Crippen molar-refractivity contribution in [2.45, 2.75) is 45.6 Å². The third-order valence-electron chi connectivity index (χ3n) is 4.93. The molecule has 118 valence electrons. The van der Waals surface area contributed by atoms with Gasteiger partial charge in [-0.3, -0.25) is 0 Å². The summed E-state index contributed by atoms with van der Waals surface area (Å²) in [6.45, 7) is 6.86. The SMILES string of the molecule is CCC(CC)(CNC1CC1)CN(C)c1ccc(OC)cc1. The van der Waals surface area contributed by atoms with Gasteiger partial charge in [0.1, 0.15) is 5.75 Å². The predicted molar refractivity (Wildman–Crippen MR) is 90.3 cm³/mol. The van der Waals surface area contributed by atoms with Crippen molar-refractivity contribution in [3.63, 3.8) is 0 Å². The Morgan fingerprint density at radius 3 is 2.29 bits per heavy atom. The van der Waals surface area contributed by atoms with E-state index in [1.165, 1.54) is 31.4 Å². The van der Waals surface area contributed by atoms with Crippen molar-refractivity contribution in [3.8, 4) is 5.75 Å². The Labute approximate surface area is 129 Å². The average Bonchev–Trinajstić information content (AvgIpc) is 3.36. The van der Waals surface area contributed by atoms with Crippen LogP contribution in [0.15, 0.2) is 24.3 Å². The van der Waals surface area contributed by atoms with Gasteiger partial charge < -0.3 is 15.0 Å². The van der Waals surface area contributed by atoms with E-state index in [2.05, 4.69) is 43.2 Å². The summed E-state index contributed by atoms with van der Waals surface area (Å²) in [6, 6.07) is 9.14. The van der Waals surface area contributed by atoms with Gasteiger partial charge in [-0.05, 0) is 55.4 Å². The predicted octanol–water partition coefficient (Wildman–Crippen LogP) is 3.69. The van der Waals surface area contributed by atoms with Crippen molar-refractivity contribution in [1.82, 2.24) is 5.32 Å². The molecule has 0 bridgehead atoms. The topological polar surface area (TPSA) is 24.5 Å². The molecule has 2 rings (SSSR count). The fourth-order valence-electron chi connectivity index (χ4n) is 2.86. The summed E-state index contributed by atoms with van der Waals surface area (Å²) >= 11 is 0. The van der Waals surface area contributed by atoms with E-state index >= 15 is 0 Å². The molecule has 0 atom stereocenters. The van der Waals surface area contributed by atoms with Gasteiger partial charge in [0.25, 0.3) is 0 Å². The Morgan fingerprint density at radius 1 is 1.19 bits per heavy atom. The lowest BCUT2D eigenvalue weighted by atomic mass is 9.81. The summed E-state index contributed by atoms with van der Waals surface area (Å²) in [7, 11) is 3.90. The number of nitrogens with one attached hydrogen (secondary N) is 1. The molecule has 1 saturated carbocycles. The van der Waals surface area contributed by atoms with E-state index in [4.69, 9.17) is 4.74 Å². The van der Waals surface area contributed by atoms with Crippen LogP contribution in [0.3, 0.4) is 0 Å². The molecule has 0 saturated heterocycles. The molecule has 0 aliphatic heterocycles. The van der Waals surface area contributed by atoms with Crippen molar-refractivity contribution >= 4 is 5.69 Å². The molecule has 0 aromatic heterocycles. The van der Waals surface area contributed by atoms with Gasteiger partial charge in [-0.15, -0.1) is 0 Å². The Morgan fingerprint density at radius 2 is 1.81 bits per heavy atom. The Bertz CT molecular complexity index is 421. The fourth-order valence-corrected chi connectivity index (χ4v) is 2.86. The molecular weight excluding hydrogens is 260 g/mol. The number of nitrogens with zero attached hydrogens (tertiary/aromatic N) is 1. The average molecular weight is 290 g/mol. The molecule has 1 aliphatic rings. The molecule has 0 heterocycles. The second-order valence-corrected chi connectivity index (χ2v) is 6.42. The van der Waals surface area contributed by atoms with Crippen LogP contribution in [0.1, 0.15) is 39.5 Å². The number of methoxy groups -OCH3 is 1. The van der Waals surface area contributed by atoms with Gasteiger partial charge in [-0.2, -0.15) is 0 Å². The molecule has 1 aromatic rings. The Kier molecular flexibility index (Phi) is 5.51. The highest BCUT2D eigenvalue weighted by atomic mass is 16.5. The zero-order valence-corrected chi connectivity index (χ0v) is 14.0. The van der Waals surface area contributed by atoms with E-state index in [1.807, 2.05) is 12.1 Å². The first kappa shape index (κ1) is 16.2. The maximum atomic E-state index is 5.24. The summed E-state index contributed by atoms with van der Waals surface area (Å²) in [5.41, 5.74) is 1.62. The molecule has 1 N–H and O–H groups in total. The van der Waals surface area contributed by atoms with Gasteiger partial charge in [0.2, 0.25) is 0 Å². The summed E-state index contributed by atoms with van der Waals surface area (Å²) in [5.74, 6) is 0.916. The standard InChI is InChI=1S/C18H30N2O/c1-5-18(6-2,13-19-15-7-8-15)14-20(3)16-9-11-17(21-4)12-10-16/h9-12,15,19H,5-8,13-14H2,1-4H3. The summed E-state index contributed by atoms with van der Waals surface area (Å²) in [5, 5.41) is 3.73. The van der Waals surface area contributed by atoms with E-state index < -0.39 is 0 Å². The van der Waals surface area contributed by atoms with Crippen LogP contribution in [0.25, 0.3) is 0 Å². The van der Waals surface area contributed by atoms with Crippen molar-refractivity contribution < 1.29 is 4.74 Å². The van der Waals surface area contributed by atoms with E-state index in [0.717, 1.165) is 24.9 Å². The zero-order valence-electron chi connectivity index (χ0n) is 14.0. The minimum absolute atomic E-state index is 0.358. The van der Waals surface area contributed by atoms with Gasteiger partial charge in [0.15, 0.2) is 0 Å². The second kappa shape index (κ2) is 7.17. The molecule has 21 heavy (non-hydrogen) atoms. The monoisotopic (exact) mass is 290 g/mol. The molecule has 3 nitrogen and oxygen atoms in total. The van der Waals surface area contributed by atoms with Crippen LogP contribution in [0.2, 0.25) is 0 Å². The first-order valence-electron chi connectivity index (χ1n) is 8.21. The highest BCUT2D eigenvalue weighted by molar-refractivity contribution is 5.48. The third kappa shape index (κ3) is 4.37. The quantitative estimate of drug-likeness (QED) is 0.750. The minimum Gasteiger partial charge on any atom is -0.497 e. The normalized spacial score (nSPS) is 15.0.